The molecule has 0 unspecified atom stereocenters. The van der Waals surface area contributed by atoms with E-state index in [0.717, 1.165) is 9.87 Å². The summed E-state index contributed by atoms with van der Waals surface area (Å²) in [5, 5.41) is 2.75. The molecule has 0 aliphatic heterocycles. The number of nitrogens with zero attached hydrogens (tertiary/aromatic N) is 2. The van der Waals surface area contributed by atoms with E-state index < -0.39 is 34.3 Å². The van der Waals surface area contributed by atoms with Crippen LogP contribution in [0.4, 0.5) is 10.1 Å². The molecule has 0 saturated heterocycles. The van der Waals surface area contributed by atoms with E-state index in [4.69, 9.17) is 4.74 Å². The predicted molar refractivity (Wildman–Crippen MR) is 148 cm³/mol. The SMILES string of the molecule is CCNC(=O)[C@@H](CC)N(Cc1ccc(F)cc1)C(=O)CN(c1ccccc1OC)S(=O)(=O)c1ccc(C)cc1. The zero-order chi connectivity index (χ0) is 28.6. The molecule has 1 atom stereocenters. The van der Waals surface area contributed by atoms with Crippen LogP contribution in [0.15, 0.2) is 77.7 Å². The number of nitrogens with one attached hydrogen (secondary N) is 1. The Bertz CT molecular complexity index is 1380. The Hall–Kier alpha value is -3.92. The molecule has 0 aliphatic carbocycles. The van der Waals surface area contributed by atoms with Crippen molar-refractivity contribution in [2.75, 3.05) is 24.5 Å². The third-order valence-electron chi connectivity index (χ3n) is 6.24. The van der Waals surface area contributed by atoms with E-state index in [1.807, 2.05) is 6.92 Å². The van der Waals surface area contributed by atoms with Gasteiger partial charge in [-0.2, -0.15) is 0 Å². The quantitative estimate of drug-likeness (QED) is 0.360. The average molecular weight is 556 g/mol. The van der Waals surface area contributed by atoms with Crippen LogP contribution in [-0.4, -0.2) is 51.4 Å². The highest BCUT2D eigenvalue weighted by Gasteiger charge is 2.34. The molecule has 3 rings (SSSR count). The van der Waals surface area contributed by atoms with Gasteiger partial charge in [-0.3, -0.25) is 13.9 Å². The highest BCUT2D eigenvalue weighted by atomic mass is 32.2. The predicted octanol–water partition coefficient (Wildman–Crippen LogP) is 4.28. The maximum atomic E-state index is 14.0. The summed E-state index contributed by atoms with van der Waals surface area (Å²) in [6.45, 7) is 5.15. The molecule has 0 aromatic heterocycles. The summed E-state index contributed by atoms with van der Waals surface area (Å²) in [4.78, 5) is 28.3. The summed E-state index contributed by atoms with van der Waals surface area (Å²) >= 11 is 0. The van der Waals surface area contributed by atoms with E-state index in [9.17, 15) is 22.4 Å². The summed E-state index contributed by atoms with van der Waals surface area (Å²) < 4.78 is 47.8. The number of amides is 2. The molecule has 0 spiro atoms. The lowest BCUT2D eigenvalue weighted by atomic mass is 10.1. The number of carbonyl (C=O) groups excluding carboxylic acids is 2. The fraction of sp³-hybridized carbons (Fsp3) is 0.310. The first-order valence-electron chi connectivity index (χ1n) is 12.7. The normalized spacial score (nSPS) is 11.9. The molecule has 10 heteroatoms. The van der Waals surface area contributed by atoms with Crippen LogP contribution in [0.2, 0.25) is 0 Å². The van der Waals surface area contributed by atoms with Crippen molar-refractivity contribution in [2.45, 2.75) is 44.7 Å². The van der Waals surface area contributed by atoms with Crippen molar-refractivity contribution in [2.24, 2.45) is 0 Å². The van der Waals surface area contributed by atoms with Gasteiger partial charge in [-0.15, -0.1) is 0 Å². The van der Waals surface area contributed by atoms with Crippen LogP contribution in [0.1, 0.15) is 31.4 Å². The minimum atomic E-state index is -4.22. The largest absolute Gasteiger partial charge is 0.495 e. The van der Waals surface area contributed by atoms with Crippen LogP contribution in [-0.2, 0) is 26.2 Å². The molecule has 1 N–H and O–H groups in total. The lowest BCUT2D eigenvalue weighted by Crippen LogP contribution is -2.52. The van der Waals surface area contributed by atoms with Crippen LogP contribution in [0, 0.1) is 12.7 Å². The summed E-state index contributed by atoms with van der Waals surface area (Å²) in [6.07, 6.45) is 0.290. The van der Waals surface area contributed by atoms with Crippen molar-refractivity contribution >= 4 is 27.5 Å². The molecule has 3 aromatic carbocycles. The third kappa shape index (κ3) is 7.14. The minimum absolute atomic E-state index is 0.00709. The van der Waals surface area contributed by atoms with Crippen molar-refractivity contribution in [3.05, 3.63) is 89.7 Å². The average Bonchev–Trinajstić information content (AvgIpc) is 2.93. The van der Waals surface area contributed by atoms with Crippen LogP contribution >= 0.6 is 0 Å². The van der Waals surface area contributed by atoms with E-state index >= 15 is 0 Å². The molecular formula is C29H34FN3O5S. The van der Waals surface area contributed by atoms with E-state index in [-0.39, 0.29) is 35.2 Å². The molecule has 0 saturated carbocycles. The molecule has 0 aliphatic rings. The van der Waals surface area contributed by atoms with Gasteiger partial charge in [0, 0.05) is 13.1 Å². The Morgan fingerprint density at radius 2 is 1.62 bits per heavy atom. The number of methoxy groups -OCH3 is 1. The molecule has 8 nitrogen and oxygen atoms in total. The lowest BCUT2D eigenvalue weighted by Gasteiger charge is -2.33. The maximum absolute atomic E-state index is 14.0. The Balaban J connectivity index is 2.09. The van der Waals surface area contributed by atoms with Gasteiger partial charge in [-0.25, -0.2) is 12.8 Å². The molecule has 2 amide bonds. The van der Waals surface area contributed by atoms with Crippen LogP contribution in [0.3, 0.4) is 0 Å². The van der Waals surface area contributed by atoms with Gasteiger partial charge in [0.1, 0.15) is 24.2 Å². The van der Waals surface area contributed by atoms with Crippen molar-refractivity contribution in [3.63, 3.8) is 0 Å². The highest BCUT2D eigenvalue weighted by molar-refractivity contribution is 7.92. The number of likely N-dealkylation sites (N-methyl/N-ethyl adjacent to an activating group) is 1. The smallest absolute Gasteiger partial charge is 0.264 e. The third-order valence-corrected chi connectivity index (χ3v) is 8.02. The first-order valence-corrected chi connectivity index (χ1v) is 14.1. The standard InChI is InChI=1S/C29H34FN3O5S/c1-5-25(29(35)31-6-2)32(19-22-13-15-23(30)16-14-22)28(34)20-33(26-9-7-8-10-27(26)38-4)39(36,37)24-17-11-21(3)12-18-24/h7-18,25H,5-6,19-20H2,1-4H3,(H,31,35)/t25-/m1/s1. The van der Waals surface area contributed by atoms with Gasteiger partial charge < -0.3 is 15.0 Å². The number of para-hydroxylation sites is 2. The number of halogens is 1. The number of hydrogen-bond acceptors (Lipinski definition) is 5. The highest BCUT2D eigenvalue weighted by Crippen LogP contribution is 2.32. The van der Waals surface area contributed by atoms with Crippen molar-refractivity contribution < 1.29 is 27.1 Å². The topological polar surface area (TPSA) is 96.0 Å². The summed E-state index contributed by atoms with van der Waals surface area (Å²) in [6, 6.07) is 17.6. The van der Waals surface area contributed by atoms with Gasteiger partial charge in [0.05, 0.1) is 17.7 Å². The second-order valence-electron chi connectivity index (χ2n) is 8.96. The first kappa shape index (κ1) is 29.6. The zero-order valence-corrected chi connectivity index (χ0v) is 23.4. The lowest BCUT2D eigenvalue weighted by molar-refractivity contribution is -0.140. The first-order chi connectivity index (χ1) is 18.6. The molecule has 208 valence electrons. The maximum Gasteiger partial charge on any atom is 0.264 e. The fourth-order valence-electron chi connectivity index (χ4n) is 4.18. The Kier molecular flexibility index (Phi) is 10.1. The van der Waals surface area contributed by atoms with Gasteiger partial charge in [0.2, 0.25) is 11.8 Å². The van der Waals surface area contributed by atoms with Crippen LogP contribution < -0.4 is 14.4 Å². The summed E-state index contributed by atoms with van der Waals surface area (Å²) in [5.41, 5.74) is 1.66. The number of benzene rings is 3. The Morgan fingerprint density at radius 3 is 2.21 bits per heavy atom. The van der Waals surface area contributed by atoms with Crippen molar-refractivity contribution in [3.8, 4) is 5.75 Å². The number of rotatable bonds is 12. The molecule has 0 bridgehead atoms. The second kappa shape index (κ2) is 13.2. The minimum Gasteiger partial charge on any atom is -0.495 e. The number of ether oxygens (including phenoxy) is 1. The number of hydrogen-bond donors (Lipinski definition) is 1. The van der Waals surface area contributed by atoms with Crippen LogP contribution in [0.25, 0.3) is 0 Å². The molecule has 0 radical (unpaired) electrons. The molecule has 0 heterocycles. The Labute approximate surface area is 229 Å². The van der Waals surface area contributed by atoms with E-state index in [0.29, 0.717) is 12.1 Å². The van der Waals surface area contributed by atoms with Crippen LogP contribution in [0.5, 0.6) is 5.75 Å². The van der Waals surface area contributed by atoms with E-state index in [1.165, 1.54) is 48.4 Å². The number of aryl methyl sites for hydroxylation is 1. The Morgan fingerprint density at radius 1 is 0.974 bits per heavy atom. The van der Waals surface area contributed by atoms with E-state index in [2.05, 4.69) is 5.32 Å². The molecular weight excluding hydrogens is 521 g/mol. The van der Waals surface area contributed by atoms with Crippen molar-refractivity contribution in [1.29, 1.82) is 0 Å². The zero-order valence-electron chi connectivity index (χ0n) is 22.6. The van der Waals surface area contributed by atoms with Gasteiger partial charge in [-0.05, 0) is 62.2 Å². The summed E-state index contributed by atoms with van der Waals surface area (Å²) in [7, 11) is -2.80. The molecule has 39 heavy (non-hydrogen) atoms. The fourth-order valence-corrected chi connectivity index (χ4v) is 5.61. The monoisotopic (exact) mass is 555 g/mol. The molecule has 0 fully saturated rings. The van der Waals surface area contributed by atoms with Gasteiger partial charge in [0.25, 0.3) is 10.0 Å². The number of carbonyl (C=O) groups is 2. The van der Waals surface area contributed by atoms with Crippen molar-refractivity contribution in [1.82, 2.24) is 10.2 Å². The van der Waals surface area contributed by atoms with Gasteiger partial charge >= 0.3 is 0 Å². The number of sulfonamides is 1. The van der Waals surface area contributed by atoms with Gasteiger partial charge in [-0.1, -0.05) is 48.9 Å². The van der Waals surface area contributed by atoms with E-state index in [1.54, 1.807) is 50.2 Å². The van der Waals surface area contributed by atoms with Gasteiger partial charge in [0.15, 0.2) is 0 Å². The molecule has 3 aromatic rings. The number of anilines is 1. The summed E-state index contributed by atoms with van der Waals surface area (Å²) in [5.74, 6) is -1.12. The second-order valence-corrected chi connectivity index (χ2v) is 10.8.